The van der Waals surface area contributed by atoms with E-state index in [9.17, 15) is 17.6 Å². The van der Waals surface area contributed by atoms with E-state index >= 15 is 0 Å². The van der Waals surface area contributed by atoms with Gasteiger partial charge in [-0.25, -0.2) is 17.6 Å². The van der Waals surface area contributed by atoms with Gasteiger partial charge in [-0.3, -0.25) is 0 Å². The van der Waals surface area contributed by atoms with Gasteiger partial charge < -0.3 is 0 Å². The molecule has 0 spiro atoms. The first-order valence-electron chi connectivity index (χ1n) is 12.2. The molecule has 0 radical (unpaired) electrons. The molecule has 0 saturated heterocycles. The summed E-state index contributed by atoms with van der Waals surface area (Å²) in [7, 11) is 0. The minimum Gasteiger partial charge on any atom is -0.206 e. The number of benzene rings is 1. The Hall–Kier alpha value is -1.06. The lowest BCUT2D eigenvalue weighted by atomic mass is 9.68. The molecule has 0 nitrogen and oxygen atoms in total. The van der Waals surface area contributed by atoms with Crippen molar-refractivity contribution in [3.63, 3.8) is 0 Å². The largest absolute Gasteiger partial charge is 0.276 e. The second-order valence-electron chi connectivity index (χ2n) is 9.99. The van der Waals surface area contributed by atoms with E-state index in [1.165, 1.54) is 57.8 Å². The van der Waals surface area contributed by atoms with E-state index in [-0.39, 0.29) is 5.92 Å². The topological polar surface area (TPSA) is 0 Å². The molecule has 3 rings (SSSR count). The summed E-state index contributed by atoms with van der Waals surface area (Å²) < 4.78 is 55.3. The van der Waals surface area contributed by atoms with Crippen LogP contribution in [0.25, 0.3) is 0 Å². The molecule has 2 fully saturated rings. The molecule has 0 bridgehead atoms. The van der Waals surface area contributed by atoms with E-state index < -0.39 is 23.1 Å². The van der Waals surface area contributed by atoms with Crippen molar-refractivity contribution in [1.29, 1.82) is 0 Å². The van der Waals surface area contributed by atoms with Crippen molar-refractivity contribution in [2.75, 3.05) is 0 Å². The summed E-state index contributed by atoms with van der Waals surface area (Å²) in [6, 6.07) is 2.29. The van der Waals surface area contributed by atoms with E-state index in [1.807, 2.05) is 0 Å². The zero-order chi connectivity index (χ0) is 21.7. The summed E-state index contributed by atoms with van der Waals surface area (Å²) in [6.07, 6.45) is 16.2. The SMILES string of the molecule is CCCCCC[C@H]1CC[C@H](C2CCC(c3cc(F)c(C(C)(F)F)c(F)c3)CC2)CC1. The highest BCUT2D eigenvalue weighted by Crippen LogP contribution is 2.45. The molecule has 2 saturated carbocycles. The average molecular weight is 427 g/mol. The van der Waals surface area contributed by atoms with Gasteiger partial charge in [0.25, 0.3) is 5.92 Å². The Morgan fingerprint density at radius 2 is 1.33 bits per heavy atom. The van der Waals surface area contributed by atoms with Crippen molar-refractivity contribution in [2.45, 2.75) is 109 Å². The molecule has 0 unspecified atom stereocenters. The molecule has 0 N–H and O–H groups in total. The third kappa shape index (κ3) is 6.01. The first kappa shape index (κ1) is 23.6. The molecular formula is C26H38F4. The van der Waals surface area contributed by atoms with Crippen molar-refractivity contribution in [3.05, 3.63) is 34.9 Å². The lowest BCUT2D eigenvalue weighted by molar-refractivity contribution is 0.00977. The molecule has 0 heterocycles. The third-order valence-corrected chi connectivity index (χ3v) is 7.77. The van der Waals surface area contributed by atoms with Gasteiger partial charge in [0.1, 0.15) is 11.6 Å². The summed E-state index contributed by atoms with van der Waals surface area (Å²) in [5.74, 6) is -3.22. The fourth-order valence-electron chi connectivity index (χ4n) is 5.98. The lowest BCUT2D eigenvalue weighted by Gasteiger charge is -2.38. The monoisotopic (exact) mass is 426 g/mol. The Morgan fingerprint density at radius 3 is 1.83 bits per heavy atom. The molecule has 4 heteroatoms. The Kier molecular flexibility index (Phi) is 8.26. The van der Waals surface area contributed by atoms with Gasteiger partial charge in [0.15, 0.2) is 0 Å². The lowest BCUT2D eigenvalue weighted by Crippen LogP contribution is -2.25. The molecule has 1 aromatic rings. The number of hydrogen-bond acceptors (Lipinski definition) is 0. The van der Waals surface area contributed by atoms with Gasteiger partial charge in [-0.05, 0) is 79.9 Å². The van der Waals surface area contributed by atoms with E-state index in [0.717, 1.165) is 55.6 Å². The summed E-state index contributed by atoms with van der Waals surface area (Å²) in [4.78, 5) is 0. The van der Waals surface area contributed by atoms with Crippen LogP contribution in [0.1, 0.15) is 114 Å². The van der Waals surface area contributed by atoms with Crippen LogP contribution in [0.4, 0.5) is 17.6 Å². The van der Waals surface area contributed by atoms with Crippen LogP contribution in [-0.2, 0) is 5.92 Å². The van der Waals surface area contributed by atoms with Gasteiger partial charge in [-0.15, -0.1) is 0 Å². The number of halogens is 4. The Morgan fingerprint density at radius 1 is 0.800 bits per heavy atom. The van der Waals surface area contributed by atoms with Gasteiger partial charge in [-0.1, -0.05) is 51.9 Å². The Labute approximate surface area is 179 Å². The highest BCUT2D eigenvalue weighted by molar-refractivity contribution is 5.31. The minimum absolute atomic E-state index is 0.0830. The van der Waals surface area contributed by atoms with Crippen LogP contribution in [0, 0.1) is 29.4 Å². The fraction of sp³-hybridized carbons (Fsp3) is 0.769. The smallest absolute Gasteiger partial charge is 0.206 e. The first-order valence-corrected chi connectivity index (χ1v) is 12.2. The summed E-state index contributed by atoms with van der Waals surface area (Å²) in [5.41, 5.74) is -0.557. The standard InChI is InChI=1S/C26H38F4/c1-3-4-5-6-7-18-8-10-19(11-9-18)20-12-14-21(15-13-20)22-16-23(27)25(24(28)17-22)26(2,29)30/h16-21H,3-15H2,1-2H3/t18-,19-,20?,21?. The van der Waals surface area contributed by atoms with Crippen LogP contribution < -0.4 is 0 Å². The highest BCUT2D eigenvalue weighted by Gasteiger charge is 2.35. The Balaban J connectivity index is 1.48. The number of hydrogen-bond donors (Lipinski definition) is 0. The maximum absolute atomic E-state index is 14.2. The van der Waals surface area contributed by atoms with Crippen molar-refractivity contribution in [1.82, 2.24) is 0 Å². The number of alkyl halides is 2. The van der Waals surface area contributed by atoms with Crippen LogP contribution in [0.15, 0.2) is 12.1 Å². The van der Waals surface area contributed by atoms with Crippen LogP contribution in [0.3, 0.4) is 0 Å². The zero-order valence-electron chi connectivity index (χ0n) is 18.7. The highest BCUT2D eigenvalue weighted by atomic mass is 19.3. The summed E-state index contributed by atoms with van der Waals surface area (Å²) >= 11 is 0. The second-order valence-corrected chi connectivity index (χ2v) is 9.99. The fourth-order valence-corrected chi connectivity index (χ4v) is 5.98. The van der Waals surface area contributed by atoms with E-state index in [1.54, 1.807) is 0 Å². The molecule has 0 aliphatic heterocycles. The Bertz CT molecular complexity index is 639. The van der Waals surface area contributed by atoms with E-state index in [2.05, 4.69) is 6.92 Å². The molecule has 30 heavy (non-hydrogen) atoms. The van der Waals surface area contributed by atoms with Crippen molar-refractivity contribution < 1.29 is 17.6 Å². The molecule has 1 aromatic carbocycles. The molecular weight excluding hydrogens is 388 g/mol. The average Bonchev–Trinajstić information content (AvgIpc) is 2.70. The zero-order valence-corrected chi connectivity index (χ0v) is 18.7. The van der Waals surface area contributed by atoms with Crippen molar-refractivity contribution in [3.8, 4) is 0 Å². The summed E-state index contributed by atoms with van der Waals surface area (Å²) in [6.45, 7) is 2.80. The third-order valence-electron chi connectivity index (χ3n) is 7.77. The van der Waals surface area contributed by atoms with Gasteiger partial charge in [0, 0.05) is 6.92 Å². The predicted molar refractivity (Wildman–Crippen MR) is 115 cm³/mol. The van der Waals surface area contributed by atoms with Gasteiger partial charge in [0.2, 0.25) is 0 Å². The van der Waals surface area contributed by atoms with Gasteiger partial charge in [-0.2, -0.15) is 0 Å². The number of unbranched alkanes of at least 4 members (excludes halogenated alkanes) is 3. The van der Waals surface area contributed by atoms with E-state index in [4.69, 9.17) is 0 Å². The maximum Gasteiger partial charge on any atom is 0.276 e. The summed E-state index contributed by atoms with van der Waals surface area (Å²) in [5, 5.41) is 0. The molecule has 0 atom stereocenters. The van der Waals surface area contributed by atoms with Crippen molar-refractivity contribution >= 4 is 0 Å². The first-order chi connectivity index (χ1) is 14.3. The van der Waals surface area contributed by atoms with Crippen LogP contribution in [0.2, 0.25) is 0 Å². The van der Waals surface area contributed by atoms with E-state index in [0.29, 0.717) is 12.5 Å². The van der Waals surface area contributed by atoms with Gasteiger partial charge in [0.05, 0.1) is 5.56 Å². The molecule has 170 valence electrons. The minimum atomic E-state index is -3.50. The quantitative estimate of drug-likeness (QED) is 0.287. The molecule has 0 amide bonds. The number of rotatable bonds is 8. The molecule has 0 aromatic heterocycles. The second kappa shape index (κ2) is 10.5. The molecule has 2 aliphatic rings. The maximum atomic E-state index is 14.2. The van der Waals surface area contributed by atoms with Crippen molar-refractivity contribution in [2.24, 2.45) is 17.8 Å². The van der Waals surface area contributed by atoms with Crippen LogP contribution in [0.5, 0.6) is 0 Å². The van der Waals surface area contributed by atoms with Gasteiger partial charge >= 0.3 is 0 Å². The molecule has 2 aliphatic carbocycles. The predicted octanol–water partition coefficient (Wildman–Crippen LogP) is 9.13. The van der Waals surface area contributed by atoms with Crippen LogP contribution >= 0.6 is 0 Å². The van der Waals surface area contributed by atoms with Crippen LogP contribution in [-0.4, -0.2) is 0 Å². The normalized spacial score (nSPS) is 27.9.